The number of carbonyl (C=O) groups is 1. The van der Waals surface area contributed by atoms with E-state index >= 15 is 0 Å². The Labute approximate surface area is 203 Å². The molecule has 4 heterocycles. The van der Waals surface area contributed by atoms with Crippen molar-refractivity contribution < 1.29 is 32.6 Å². The summed E-state index contributed by atoms with van der Waals surface area (Å²) in [7, 11) is -3.52. The van der Waals surface area contributed by atoms with E-state index in [0.29, 0.717) is 30.3 Å². The molecule has 4 rings (SSSR count). The molecule has 0 aliphatic carbocycles. The summed E-state index contributed by atoms with van der Waals surface area (Å²) in [6.45, 7) is 10.1. The van der Waals surface area contributed by atoms with E-state index in [-0.39, 0.29) is 30.7 Å². The van der Waals surface area contributed by atoms with Crippen molar-refractivity contribution in [2.75, 3.05) is 31.8 Å². The van der Waals surface area contributed by atoms with Gasteiger partial charge in [-0.05, 0) is 19.8 Å². The summed E-state index contributed by atoms with van der Waals surface area (Å²) in [6.07, 6.45) is 0.0284. The number of nitrogens with two attached hydrogens (primary N) is 1. The highest BCUT2D eigenvalue weighted by Crippen LogP contribution is 2.56. The first-order chi connectivity index (χ1) is 16.6. The molecule has 35 heavy (non-hydrogen) atoms. The molecular formula is C21H33N6O7P. The second kappa shape index (κ2) is 10.4. The summed E-state index contributed by atoms with van der Waals surface area (Å²) < 4.78 is 43.5. The monoisotopic (exact) mass is 512 g/mol. The van der Waals surface area contributed by atoms with Crippen LogP contribution in [0.1, 0.15) is 40.8 Å². The van der Waals surface area contributed by atoms with E-state index in [1.54, 1.807) is 17.8 Å². The van der Waals surface area contributed by atoms with Crippen LogP contribution in [0.5, 0.6) is 5.88 Å². The van der Waals surface area contributed by atoms with Gasteiger partial charge >= 0.3 is 13.6 Å². The number of nitrogens with zero attached hydrogens (tertiary/aromatic N) is 4. The van der Waals surface area contributed by atoms with Gasteiger partial charge in [0.1, 0.15) is 24.5 Å². The first-order valence-corrected chi connectivity index (χ1v) is 13.4. The Morgan fingerprint density at radius 3 is 2.86 bits per heavy atom. The number of hydrogen-bond acceptors (Lipinski definition) is 12. The van der Waals surface area contributed by atoms with Gasteiger partial charge in [-0.25, -0.2) is 4.98 Å². The number of esters is 1. The van der Waals surface area contributed by atoms with E-state index in [1.165, 1.54) is 0 Å². The van der Waals surface area contributed by atoms with Crippen LogP contribution in [0, 0.1) is 11.8 Å². The molecule has 0 radical (unpaired) electrons. The molecule has 0 bridgehead atoms. The van der Waals surface area contributed by atoms with E-state index < -0.39 is 38.0 Å². The predicted octanol–water partition coefficient (Wildman–Crippen LogP) is 2.08. The fourth-order valence-electron chi connectivity index (χ4n) is 4.02. The molecule has 2 fully saturated rings. The molecule has 3 N–H and O–H groups in total. The van der Waals surface area contributed by atoms with E-state index in [9.17, 15) is 9.36 Å². The zero-order chi connectivity index (χ0) is 25.3. The van der Waals surface area contributed by atoms with Gasteiger partial charge in [0.05, 0.1) is 32.4 Å². The van der Waals surface area contributed by atoms with Gasteiger partial charge in [-0.1, -0.05) is 20.8 Å². The normalized spacial score (nSPS) is 29.3. The molecule has 2 aliphatic rings. The molecule has 0 saturated carbocycles. The van der Waals surface area contributed by atoms with E-state index in [0.717, 1.165) is 0 Å². The van der Waals surface area contributed by atoms with Crippen molar-refractivity contribution >= 4 is 30.7 Å². The van der Waals surface area contributed by atoms with E-state index in [1.807, 2.05) is 27.7 Å². The number of nitrogens with one attached hydrogen (secondary N) is 1. The average molecular weight is 513 g/mol. The summed E-state index contributed by atoms with van der Waals surface area (Å²) >= 11 is 0. The summed E-state index contributed by atoms with van der Waals surface area (Å²) in [4.78, 5) is 24.9. The third-order valence-corrected chi connectivity index (χ3v) is 7.51. The molecule has 14 heteroatoms. The van der Waals surface area contributed by atoms with E-state index in [2.05, 4.69) is 20.3 Å². The third-order valence-electron chi connectivity index (χ3n) is 5.83. The van der Waals surface area contributed by atoms with Crippen LogP contribution in [-0.4, -0.2) is 69.8 Å². The number of imidazole rings is 1. The van der Waals surface area contributed by atoms with Crippen molar-refractivity contribution in [2.24, 2.45) is 11.8 Å². The van der Waals surface area contributed by atoms with Crippen LogP contribution in [0.4, 0.5) is 5.95 Å². The van der Waals surface area contributed by atoms with Crippen molar-refractivity contribution in [3.63, 3.8) is 0 Å². The van der Waals surface area contributed by atoms with Crippen LogP contribution >= 0.6 is 7.60 Å². The molecule has 0 aromatic carbocycles. The predicted molar refractivity (Wildman–Crippen MR) is 126 cm³/mol. The second-order valence-corrected chi connectivity index (χ2v) is 11.2. The molecule has 0 spiro atoms. The van der Waals surface area contributed by atoms with Crippen molar-refractivity contribution in [2.45, 2.75) is 59.1 Å². The number of anilines is 1. The third kappa shape index (κ3) is 5.44. The van der Waals surface area contributed by atoms with Crippen molar-refractivity contribution in [1.82, 2.24) is 24.8 Å². The van der Waals surface area contributed by atoms with Gasteiger partial charge in [-0.3, -0.25) is 19.2 Å². The SMILES string of the molecule is CCOc1nc(N)nc2c1ncn2[C@@H]1O[C@@H]2CO[P@@](=O)(CN[C@@H](C)C(=O)OCC(C)C)O[C@H]2[C@@H]1C. The number of ether oxygens (including phenoxy) is 3. The second-order valence-electron chi connectivity index (χ2n) is 9.15. The van der Waals surface area contributed by atoms with Gasteiger partial charge < -0.3 is 29.0 Å². The first kappa shape index (κ1) is 25.8. The number of hydrogen-bond donors (Lipinski definition) is 2. The van der Waals surface area contributed by atoms with Gasteiger partial charge in [-0.15, -0.1) is 0 Å². The Balaban J connectivity index is 1.44. The minimum absolute atomic E-state index is 0.0574. The lowest BCUT2D eigenvalue weighted by molar-refractivity contribution is -0.146. The largest absolute Gasteiger partial charge is 0.476 e. The minimum atomic E-state index is -3.52. The highest BCUT2D eigenvalue weighted by Gasteiger charge is 2.51. The fourth-order valence-corrected chi connectivity index (χ4v) is 5.82. The molecule has 13 nitrogen and oxygen atoms in total. The number of fused-ring (bicyclic) bond motifs is 2. The Morgan fingerprint density at radius 2 is 2.14 bits per heavy atom. The average Bonchev–Trinajstić information content (AvgIpc) is 3.36. The van der Waals surface area contributed by atoms with Crippen LogP contribution in [0.15, 0.2) is 6.33 Å². The van der Waals surface area contributed by atoms with Crippen LogP contribution in [-0.2, 0) is 27.9 Å². The molecule has 194 valence electrons. The van der Waals surface area contributed by atoms with Crippen molar-refractivity contribution in [1.29, 1.82) is 0 Å². The van der Waals surface area contributed by atoms with E-state index in [4.69, 9.17) is 29.0 Å². The smallest absolute Gasteiger partial charge is 0.344 e. The highest BCUT2D eigenvalue weighted by molar-refractivity contribution is 7.53. The number of nitrogen functional groups attached to an aromatic ring is 1. The lowest BCUT2D eigenvalue weighted by Gasteiger charge is -2.32. The minimum Gasteiger partial charge on any atom is -0.476 e. The molecule has 2 aromatic rings. The topological polar surface area (TPSA) is 162 Å². The quantitative estimate of drug-likeness (QED) is 0.372. The molecule has 0 unspecified atom stereocenters. The molecular weight excluding hydrogens is 479 g/mol. The van der Waals surface area contributed by atoms with Crippen LogP contribution < -0.4 is 15.8 Å². The first-order valence-electron chi connectivity index (χ1n) is 11.7. The van der Waals surface area contributed by atoms with Gasteiger partial charge in [0.2, 0.25) is 11.8 Å². The highest BCUT2D eigenvalue weighted by atomic mass is 31.2. The number of rotatable bonds is 9. The van der Waals surface area contributed by atoms with Crippen molar-refractivity contribution in [3.05, 3.63) is 6.33 Å². The zero-order valence-electron chi connectivity index (χ0n) is 20.5. The van der Waals surface area contributed by atoms with Crippen LogP contribution in [0.25, 0.3) is 11.2 Å². The maximum atomic E-state index is 13.3. The molecule has 2 aliphatic heterocycles. The zero-order valence-corrected chi connectivity index (χ0v) is 21.4. The lowest BCUT2D eigenvalue weighted by atomic mass is 10.0. The Bertz CT molecular complexity index is 1110. The van der Waals surface area contributed by atoms with Gasteiger partial charge in [0, 0.05) is 5.92 Å². The van der Waals surface area contributed by atoms with Gasteiger partial charge in [-0.2, -0.15) is 9.97 Å². The van der Waals surface area contributed by atoms with Gasteiger partial charge in [0.25, 0.3) is 0 Å². The number of aromatic nitrogens is 4. The van der Waals surface area contributed by atoms with Gasteiger partial charge in [0.15, 0.2) is 11.2 Å². The summed E-state index contributed by atoms with van der Waals surface area (Å²) in [6, 6.07) is -0.656. The van der Waals surface area contributed by atoms with Crippen molar-refractivity contribution in [3.8, 4) is 5.88 Å². The summed E-state index contributed by atoms with van der Waals surface area (Å²) in [5.74, 6) is -0.0493. The lowest BCUT2D eigenvalue weighted by Crippen LogP contribution is -2.41. The Kier molecular flexibility index (Phi) is 7.62. The fraction of sp³-hybridized carbons (Fsp3) is 0.714. The molecule has 0 amide bonds. The molecule has 2 saturated heterocycles. The Hall–Kier alpha value is -2.31. The molecule has 2 aromatic heterocycles. The summed E-state index contributed by atoms with van der Waals surface area (Å²) in [5.41, 5.74) is 6.81. The van der Waals surface area contributed by atoms with Crippen LogP contribution in [0.2, 0.25) is 0 Å². The number of carbonyl (C=O) groups excluding carboxylic acids is 1. The maximum absolute atomic E-state index is 13.3. The Morgan fingerprint density at radius 1 is 1.37 bits per heavy atom. The van der Waals surface area contributed by atoms with Crippen LogP contribution in [0.3, 0.4) is 0 Å². The summed E-state index contributed by atoms with van der Waals surface area (Å²) in [5, 5.41) is 2.91. The molecule has 6 atom stereocenters. The standard InChI is InChI=1S/C21H33N6O7P/c1-6-30-18-15-17(25-21(22)26-18)27(9-23-15)19-12(4)16-14(33-19)8-32-35(29,34-16)10-24-13(5)20(28)31-7-11(2)3/h9,11-14,16,19,24H,6-8,10H2,1-5H3,(H2,22,25,26)/t12-,13-,14+,16-,19+,35-/m0/s1. The maximum Gasteiger partial charge on any atom is 0.344 e.